The minimum Gasteiger partial charge on any atom is -0.506 e. The van der Waals surface area contributed by atoms with Crippen LogP contribution in [0.3, 0.4) is 0 Å². The van der Waals surface area contributed by atoms with E-state index >= 15 is 0 Å². The Kier molecular flexibility index (Phi) is 4.96. The van der Waals surface area contributed by atoms with Gasteiger partial charge in [-0.2, -0.15) is 5.10 Å². The number of rotatable bonds is 6. The molecule has 11 heteroatoms. The van der Waals surface area contributed by atoms with Crippen molar-refractivity contribution in [1.82, 2.24) is 9.61 Å². The van der Waals surface area contributed by atoms with Crippen LogP contribution in [0.15, 0.2) is 36.5 Å². The van der Waals surface area contributed by atoms with Crippen LogP contribution in [0.25, 0.3) is 16.8 Å². The summed E-state index contributed by atoms with van der Waals surface area (Å²) in [7, 11) is -3.83. The van der Waals surface area contributed by atoms with Crippen LogP contribution in [0.4, 0.5) is 10.1 Å². The van der Waals surface area contributed by atoms with Crippen LogP contribution < -0.4 is 4.31 Å². The van der Waals surface area contributed by atoms with Gasteiger partial charge in [-0.15, -0.1) is 0 Å². The van der Waals surface area contributed by atoms with Crippen molar-refractivity contribution in [3.05, 3.63) is 47.9 Å². The molecule has 2 aromatic heterocycles. The van der Waals surface area contributed by atoms with Crippen molar-refractivity contribution in [2.75, 3.05) is 23.7 Å². The normalized spacial score (nSPS) is 11.7. The van der Waals surface area contributed by atoms with Crippen molar-refractivity contribution in [1.29, 1.82) is 0 Å². The molecule has 9 nitrogen and oxygen atoms in total. The monoisotopic (exact) mass is 409 g/mol. The number of aliphatic hydroxyl groups is 1. The van der Waals surface area contributed by atoms with Crippen molar-refractivity contribution in [3.63, 3.8) is 0 Å². The van der Waals surface area contributed by atoms with Crippen molar-refractivity contribution < 1.29 is 32.9 Å². The summed E-state index contributed by atoms with van der Waals surface area (Å²) in [5, 5.41) is 33.2. The number of fused-ring (bicyclic) bond motifs is 1. The van der Waals surface area contributed by atoms with Crippen molar-refractivity contribution in [2.24, 2.45) is 0 Å². The molecular formula is C17H16FN3O6S. The van der Waals surface area contributed by atoms with Crippen LogP contribution in [0.1, 0.15) is 10.4 Å². The molecule has 0 radical (unpaired) electrons. The van der Waals surface area contributed by atoms with Crippen LogP contribution in [-0.4, -0.2) is 58.7 Å². The zero-order valence-electron chi connectivity index (χ0n) is 14.6. The van der Waals surface area contributed by atoms with Crippen LogP contribution in [0.5, 0.6) is 5.75 Å². The predicted octanol–water partition coefficient (Wildman–Crippen LogP) is 1.30. The van der Waals surface area contributed by atoms with E-state index in [2.05, 4.69) is 5.10 Å². The summed E-state index contributed by atoms with van der Waals surface area (Å²) in [6, 6.07) is 6.10. The molecule has 0 bridgehead atoms. The molecule has 0 unspecified atom stereocenters. The zero-order chi connectivity index (χ0) is 20.6. The van der Waals surface area contributed by atoms with Gasteiger partial charge in [-0.25, -0.2) is 22.1 Å². The number of carboxylic acid groups (broad SMARTS) is 1. The van der Waals surface area contributed by atoms with E-state index in [0.717, 1.165) is 39.5 Å². The first-order valence-corrected chi connectivity index (χ1v) is 9.81. The fourth-order valence-corrected chi connectivity index (χ4v) is 3.75. The van der Waals surface area contributed by atoms with Gasteiger partial charge in [0.05, 0.1) is 31.1 Å². The molecule has 0 aliphatic carbocycles. The first-order valence-electron chi connectivity index (χ1n) is 7.96. The van der Waals surface area contributed by atoms with Gasteiger partial charge in [0.25, 0.3) is 0 Å². The lowest BCUT2D eigenvalue weighted by molar-refractivity contribution is 0.0700. The largest absolute Gasteiger partial charge is 0.506 e. The van der Waals surface area contributed by atoms with Crippen molar-refractivity contribution >= 4 is 27.2 Å². The summed E-state index contributed by atoms with van der Waals surface area (Å²) in [6.07, 6.45) is 2.06. The Hall–Kier alpha value is -3.18. The van der Waals surface area contributed by atoms with Crippen LogP contribution >= 0.6 is 0 Å². The standard InChI is InChI=1S/C17H16FN3O6S/c1-28(26,27)21(6-7-22)13-9-20-12(8-14(13)23)15(17(24)25)16(19-20)10-2-4-11(18)5-3-10/h2-5,8-9,22-23H,6-7H2,1H3,(H,24,25). The van der Waals surface area contributed by atoms with Crippen molar-refractivity contribution in [3.8, 4) is 17.0 Å². The first-order chi connectivity index (χ1) is 13.1. The number of aromatic carboxylic acids is 1. The molecule has 2 heterocycles. The number of hydrogen-bond donors (Lipinski definition) is 3. The van der Waals surface area contributed by atoms with Gasteiger partial charge >= 0.3 is 5.97 Å². The van der Waals surface area contributed by atoms with E-state index in [1.54, 1.807) is 0 Å². The van der Waals surface area contributed by atoms with Crippen LogP contribution in [-0.2, 0) is 10.0 Å². The smallest absolute Gasteiger partial charge is 0.340 e. The number of carboxylic acids is 1. The van der Waals surface area contributed by atoms with E-state index in [1.165, 1.54) is 12.1 Å². The Bertz CT molecular complexity index is 1160. The highest BCUT2D eigenvalue weighted by Gasteiger charge is 2.25. The van der Waals surface area contributed by atoms with Crippen LogP contribution in [0, 0.1) is 5.82 Å². The molecule has 0 aliphatic rings. The Morgan fingerprint density at radius 2 is 1.93 bits per heavy atom. The number of aliphatic hydroxyl groups excluding tert-OH is 1. The molecule has 1 aromatic carbocycles. The number of benzene rings is 1. The molecule has 0 aliphatic heterocycles. The fourth-order valence-electron chi connectivity index (χ4n) is 2.84. The summed E-state index contributed by atoms with van der Waals surface area (Å²) >= 11 is 0. The van der Waals surface area contributed by atoms with E-state index in [4.69, 9.17) is 5.11 Å². The van der Waals surface area contributed by atoms with Gasteiger partial charge in [-0.1, -0.05) is 0 Å². The third kappa shape index (κ3) is 3.49. The number of pyridine rings is 1. The highest BCUT2D eigenvalue weighted by Crippen LogP contribution is 2.34. The minimum atomic E-state index is -3.83. The average Bonchev–Trinajstić information content (AvgIpc) is 2.97. The van der Waals surface area contributed by atoms with Gasteiger partial charge in [-0.3, -0.25) is 4.31 Å². The molecule has 0 saturated carbocycles. The average molecular weight is 409 g/mol. The maximum Gasteiger partial charge on any atom is 0.340 e. The quantitative estimate of drug-likeness (QED) is 0.559. The van der Waals surface area contributed by atoms with E-state index in [1.807, 2.05) is 0 Å². The Morgan fingerprint density at radius 1 is 1.29 bits per heavy atom. The molecule has 0 amide bonds. The summed E-state index contributed by atoms with van der Waals surface area (Å²) in [5.74, 6) is -2.33. The number of sulfonamides is 1. The second-order valence-corrected chi connectivity index (χ2v) is 7.87. The molecule has 3 N–H and O–H groups in total. The zero-order valence-corrected chi connectivity index (χ0v) is 15.4. The molecule has 3 aromatic rings. The summed E-state index contributed by atoms with van der Waals surface area (Å²) in [5.41, 5.74) is -0.0304. The predicted molar refractivity (Wildman–Crippen MR) is 98.5 cm³/mol. The molecule has 0 saturated heterocycles. The number of halogens is 1. The second-order valence-electron chi connectivity index (χ2n) is 5.97. The molecular weight excluding hydrogens is 393 g/mol. The maximum absolute atomic E-state index is 13.2. The number of carbonyl (C=O) groups is 1. The highest BCUT2D eigenvalue weighted by molar-refractivity contribution is 7.92. The number of aromatic nitrogens is 2. The molecule has 0 fully saturated rings. The number of hydrogen-bond acceptors (Lipinski definition) is 6. The van der Waals surface area contributed by atoms with E-state index in [-0.39, 0.29) is 29.0 Å². The van der Waals surface area contributed by atoms with Gasteiger partial charge < -0.3 is 15.3 Å². The number of aromatic hydroxyl groups is 1. The Balaban J connectivity index is 2.28. The van der Waals surface area contributed by atoms with E-state index in [9.17, 15) is 27.8 Å². The first kappa shape index (κ1) is 19.6. The lowest BCUT2D eigenvalue weighted by atomic mass is 10.1. The fraction of sp³-hybridized carbons (Fsp3) is 0.176. The highest BCUT2D eigenvalue weighted by atomic mass is 32.2. The van der Waals surface area contributed by atoms with Gasteiger partial charge in [-0.05, 0) is 24.3 Å². The second kappa shape index (κ2) is 7.09. The van der Waals surface area contributed by atoms with Gasteiger partial charge in [0, 0.05) is 11.6 Å². The van der Waals surface area contributed by atoms with E-state index < -0.39 is 34.2 Å². The molecule has 0 atom stereocenters. The molecule has 3 rings (SSSR count). The van der Waals surface area contributed by atoms with Gasteiger partial charge in [0.1, 0.15) is 28.5 Å². The van der Waals surface area contributed by atoms with Crippen molar-refractivity contribution in [2.45, 2.75) is 0 Å². The topological polar surface area (TPSA) is 132 Å². The lowest BCUT2D eigenvalue weighted by Gasteiger charge is -2.22. The van der Waals surface area contributed by atoms with Crippen LogP contribution in [0.2, 0.25) is 0 Å². The summed E-state index contributed by atoms with van der Waals surface area (Å²) in [4.78, 5) is 11.8. The SMILES string of the molecule is CS(=O)(=O)N(CCO)c1cn2nc(-c3ccc(F)cc3)c(C(=O)O)c2cc1O. The molecule has 148 valence electrons. The van der Waals surface area contributed by atoms with Gasteiger partial charge in [0.2, 0.25) is 10.0 Å². The third-order valence-corrected chi connectivity index (χ3v) is 5.21. The summed E-state index contributed by atoms with van der Waals surface area (Å²) < 4.78 is 39.1. The van der Waals surface area contributed by atoms with E-state index in [0.29, 0.717) is 5.56 Å². The Labute approximate surface area is 158 Å². The molecule has 0 spiro atoms. The number of nitrogens with zero attached hydrogens (tertiary/aromatic N) is 3. The number of anilines is 1. The maximum atomic E-state index is 13.2. The minimum absolute atomic E-state index is 0.0190. The lowest BCUT2D eigenvalue weighted by Crippen LogP contribution is -2.32. The third-order valence-electron chi connectivity index (χ3n) is 4.03. The summed E-state index contributed by atoms with van der Waals surface area (Å²) in [6.45, 7) is -0.805. The van der Waals surface area contributed by atoms with Gasteiger partial charge in [0.15, 0.2) is 0 Å². The molecule has 28 heavy (non-hydrogen) atoms. The Morgan fingerprint density at radius 3 is 2.46 bits per heavy atom.